The van der Waals surface area contributed by atoms with Crippen molar-refractivity contribution in [1.29, 1.82) is 0 Å². The summed E-state index contributed by atoms with van der Waals surface area (Å²) in [6.45, 7) is 7.79. The summed E-state index contributed by atoms with van der Waals surface area (Å²) < 4.78 is 0.728. The predicted octanol–water partition coefficient (Wildman–Crippen LogP) is 3.84. The molecule has 0 bridgehead atoms. The Bertz CT molecular complexity index is 657. The molecule has 1 aromatic heterocycles. The first-order chi connectivity index (χ1) is 12.6. The van der Waals surface area contributed by atoms with E-state index in [4.69, 9.17) is 11.6 Å². The maximum Gasteiger partial charge on any atom is 0.320 e. The quantitative estimate of drug-likeness (QED) is 0.711. The lowest BCUT2D eigenvalue weighted by Crippen LogP contribution is -2.50. The molecule has 7 heteroatoms. The van der Waals surface area contributed by atoms with Crippen molar-refractivity contribution in [3.8, 4) is 0 Å². The molecular weight excluding hydrogens is 370 g/mol. The van der Waals surface area contributed by atoms with Gasteiger partial charge in [-0.25, -0.2) is 4.79 Å². The monoisotopic (exact) mass is 395 g/mol. The Balaban J connectivity index is 1.63. The van der Waals surface area contributed by atoms with E-state index >= 15 is 0 Å². The van der Waals surface area contributed by atoms with Crippen LogP contribution in [0, 0.1) is 5.92 Å². The summed E-state index contributed by atoms with van der Waals surface area (Å²) in [5.74, 6) is -0.0287. The smallest absolute Gasteiger partial charge is 0.320 e. The van der Waals surface area contributed by atoms with Gasteiger partial charge in [0.25, 0.3) is 0 Å². The number of thiophene rings is 1. The zero-order chi connectivity index (χ0) is 18.5. The Morgan fingerprint density at radius 2 is 1.96 bits per heavy atom. The van der Waals surface area contributed by atoms with Gasteiger partial charge < -0.3 is 14.7 Å². The molecule has 2 aliphatic heterocycles. The molecule has 2 aliphatic rings. The molecule has 3 heterocycles. The minimum atomic E-state index is -0.134. The first-order valence-corrected chi connectivity index (χ1v) is 10.5. The minimum absolute atomic E-state index is 0.0975. The molecule has 26 heavy (non-hydrogen) atoms. The fourth-order valence-electron chi connectivity index (χ4n) is 3.73. The van der Waals surface area contributed by atoms with Crippen LogP contribution in [-0.2, 0) is 11.3 Å². The molecule has 3 rings (SSSR count). The van der Waals surface area contributed by atoms with Crippen molar-refractivity contribution < 1.29 is 9.59 Å². The number of urea groups is 1. The Hall–Kier alpha value is -1.53. The van der Waals surface area contributed by atoms with Crippen LogP contribution in [0.25, 0.3) is 0 Å². The number of rotatable bonds is 5. The summed E-state index contributed by atoms with van der Waals surface area (Å²) in [4.78, 5) is 32.4. The Morgan fingerprint density at radius 3 is 2.62 bits per heavy atom. The summed E-state index contributed by atoms with van der Waals surface area (Å²) in [5.41, 5.74) is 0. The van der Waals surface area contributed by atoms with Crippen molar-refractivity contribution in [2.75, 3.05) is 32.7 Å². The minimum Gasteiger partial charge on any atom is -0.334 e. The van der Waals surface area contributed by atoms with Crippen molar-refractivity contribution in [1.82, 2.24) is 14.7 Å². The van der Waals surface area contributed by atoms with Gasteiger partial charge in [0.15, 0.2) is 0 Å². The van der Waals surface area contributed by atoms with E-state index in [0.29, 0.717) is 19.6 Å². The van der Waals surface area contributed by atoms with E-state index in [0.717, 1.165) is 54.5 Å². The number of nitrogens with zero attached hydrogens (tertiary/aromatic N) is 3. The van der Waals surface area contributed by atoms with Gasteiger partial charge in [-0.05, 0) is 37.8 Å². The lowest BCUT2D eigenvalue weighted by molar-refractivity contribution is -0.137. The molecule has 3 amide bonds. The third-order valence-electron chi connectivity index (χ3n) is 5.05. The van der Waals surface area contributed by atoms with E-state index in [1.54, 1.807) is 6.08 Å². The van der Waals surface area contributed by atoms with Crippen molar-refractivity contribution in [2.45, 2.75) is 32.2 Å². The highest BCUT2D eigenvalue weighted by Gasteiger charge is 2.33. The number of hydrogen-bond acceptors (Lipinski definition) is 3. The molecule has 1 aromatic rings. The molecule has 0 radical (unpaired) electrons. The zero-order valence-electron chi connectivity index (χ0n) is 15.0. The van der Waals surface area contributed by atoms with E-state index in [1.807, 2.05) is 26.8 Å². The molecule has 5 nitrogen and oxygen atoms in total. The zero-order valence-corrected chi connectivity index (χ0v) is 16.6. The maximum atomic E-state index is 13.1. The normalized spacial score (nSPS) is 20.3. The van der Waals surface area contributed by atoms with Crippen LogP contribution >= 0.6 is 22.9 Å². The van der Waals surface area contributed by atoms with Crippen LogP contribution in [-0.4, -0.2) is 59.4 Å². The Kier molecular flexibility index (Phi) is 6.59. The number of halogens is 1. The van der Waals surface area contributed by atoms with E-state index in [1.165, 1.54) is 11.3 Å². The second kappa shape index (κ2) is 8.91. The van der Waals surface area contributed by atoms with E-state index in [9.17, 15) is 9.59 Å². The van der Waals surface area contributed by atoms with Crippen LogP contribution in [0.5, 0.6) is 0 Å². The van der Waals surface area contributed by atoms with Crippen molar-refractivity contribution in [2.24, 2.45) is 5.92 Å². The number of amides is 3. The van der Waals surface area contributed by atoms with Crippen LogP contribution in [0.15, 0.2) is 24.8 Å². The highest BCUT2D eigenvalue weighted by molar-refractivity contribution is 7.16. The van der Waals surface area contributed by atoms with Crippen LogP contribution in [0.2, 0.25) is 4.34 Å². The number of piperidine rings is 1. The van der Waals surface area contributed by atoms with Gasteiger partial charge in [0.1, 0.15) is 0 Å². The molecule has 0 N–H and O–H groups in total. The second-order valence-electron chi connectivity index (χ2n) is 6.98. The molecule has 2 fully saturated rings. The summed E-state index contributed by atoms with van der Waals surface area (Å²) in [6.07, 6.45) is 5.63. The average Bonchev–Trinajstić information content (AvgIpc) is 3.32. The van der Waals surface area contributed by atoms with E-state index < -0.39 is 0 Å². The molecule has 0 saturated carbocycles. The summed E-state index contributed by atoms with van der Waals surface area (Å²) in [7, 11) is 0. The fraction of sp³-hybridized carbons (Fsp3) is 0.579. The van der Waals surface area contributed by atoms with Crippen molar-refractivity contribution >= 4 is 34.9 Å². The van der Waals surface area contributed by atoms with Gasteiger partial charge in [-0.15, -0.1) is 17.9 Å². The molecule has 2 saturated heterocycles. The third kappa shape index (κ3) is 4.60. The van der Waals surface area contributed by atoms with Gasteiger partial charge in [0, 0.05) is 37.6 Å². The molecular formula is C19H26ClN3O2S. The van der Waals surface area contributed by atoms with Crippen LogP contribution < -0.4 is 0 Å². The summed E-state index contributed by atoms with van der Waals surface area (Å²) in [6, 6.07) is 3.91. The van der Waals surface area contributed by atoms with Gasteiger partial charge in [-0.3, -0.25) is 4.79 Å². The van der Waals surface area contributed by atoms with Crippen molar-refractivity contribution in [3.05, 3.63) is 34.0 Å². The Morgan fingerprint density at radius 1 is 1.23 bits per heavy atom. The standard InChI is InChI=1S/C19H26ClN3O2S/c1-2-9-22(14-16-7-8-17(20)26-16)18(24)15-6-5-12-23(13-15)19(25)21-10-3-4-11-21/h2,7-8,15H,1,3-6,9-14H2/t15-/m0/s1. The number of carbonyl (C=O) groups excluding carboxylic acids is 2. The lowest BCUT2D eigenvalue weighted by atomic mass is 9.96. The maximum absolute atomic E-state index is 13.1. The molecule has 142 valence electrons. The van der Waals surface area contributed by atoms with E-state index in [-0.39, 0.29) is 17.9 Å². The van der Waals surface area contributed by atoms with Crippen LogP contribution in [0.1, 0.15) is 30.6 Å². The first kappa shape index (κ1) is 19.2. The topological polar surface area (TPSA) is 43.9 Å². The van der Waals surface area contributed by atoms with Gasteiger partial charge >= 0.3 is 6.03 Å². The van der Waals surface area contributed by atoms with E-state index in [2.05, 4.69) is 6.58 Å². The van der Waals surface area contributed by atoms with Crippen molar-refractivity contribution in [3.63, 3.8) is 0 Å². The second-order valence-corrected chi connectivity index (χ2v) is 8.77. The Labute approximate surface area is 164 Å². The van der Waals surface area contributed by atoms with Crippen LogP contribution in [0.3, 0.4) is 0 Å². The van der Waals surface area contributed by atoms with Gasteiger partial charge in [0.2, 0.25) is 5.91 Å². The number of likely N-dealkylation sites (tertiary alicyclic amines) is 2. The molecule has 0 spiro atoms. The molecule has 0 aliphatic carbocycles. The average molecular weight is 396 g/mol. The number of carbonyl (C=O) groups is 2. The summed E-state index contributed by atoms with van der Waals surface area (Å²) >= 11 is 7.51. The van der Waals surface area contributed by atoms with Gasteiger partial charge in [-0.1, -0.05) is 17.7 Å². The first-order valence-electron chi connectivity index (χ1n) is 9.26. The van der Waals surface area contributed by atoms with Gasteiger partial charge in [0.05, 0.1) is 16.8 Å². The predicted molar refractivity (Wildman–Crippen MR) is 105 cm³/mol. The largest absolute Gasteiger partial charge is 0.334 e. The SMILES string of the molecule is C=CCN(Cc1ccc(Cl)s1)C(=O)[C@H]1CCCN(C(=O)N2CCCC2)C1. The van der Waals surface area contributed by atoms with Crippen LogP contribution in [0.4, 0.5) is 4.79 Å². The van der Waals surface area contributed by atoms with Gasteiger partial charge in [-0.2, -0.15) is 0 Å². The highest BCUT2D eigenvalue weighted by Crippen LogP contribution is 2.25. The number of hydrogen-bond donors (Lipinski definition) is 0. The lowest BCUT2D eigenvalue weighted by Gasteiger charge is -2.36. The highest BCUT2D eigenvalue weighted by atomic mass is 35.5. The third-order valence-corrected chi connectivity index (χ3v) is 6.27. The molecule has 0 unspecified atom stereocenters. The fourth-order valence-corrected chi connectivity index (χ4v) is 4.84. The molecule has 0 aromatic carbocycles. The molecule has 1 atom stereocenters. The summed E-state index contributed by atoms with van der Waals surface area (Å²) in [5, 5.41) is 0.